The number of hydrogen-bond donors (Lipinski definition) is 2. The molecule has 2 N–H and O–H groups in total. The Balaban J connectivity index is 1.64. The van der Waals surface area contributed by atoms with E-state index in [1.54, 1.807) is 37.5 Å². The Hall–Kier alpha value is -3.80. The van der Waals surface area contributed by atoms with Crippen molar-refractivity contribution < 1.29 is 33.4 Å². The number of phenols is 1. The van der Waals surface area contributed by atoms with Gasteiger partial charge >= 0.3 is 6.09 Å². The van der Waals surface area contributed by atoms with Gasteiger partial charge in [0.05, 0.1) is 11.6 Å². The highest BCUT2D eigenvalue weighted by molar-refractivity contribution is 6.35. The number of carbonyl (C=O) groups excluding carboxylic acids is 3. The Kier molecular flexibility index (Phi) is 7.63. The van der Waals surface area contributed by atoms with E-state index >= 15 is 4.39 Å². The number of halogens is 2. The zero-order chi connectivity index (χ0) is 30.6. The highest BCUT2D eigenvalue weighted by atomic mass is 35.5. The summed E-state index contributed by atoms with van der Waals surface area (Å²) in [4.78, 5) is 49.8. The summed E-state index contributed by atoms with van der Waals surface area (Å²) in [5.41, 5.74) is -2.07. The smallest absolute Gasteiger partial charge is 0.410 e. The maximum absolute atomic E-state index is 15.1. The third kappa shape index (κ3) is 5.05. The van der Waals surface area contributed by atoms with Gasteiger partial charge in [-0.15, -0.1) is 0 Å². The van der Waals surface area contributed by atoms with Crippen LogP contribution in [0.4, 0.5) is 15.0 Å². The molecule has 3 aliphatic heterocycles. The van der Waals surface area contributed by atoms with Crippen LogP contribution in [0.3, 0.4) is 0 Å². The molecule has 3 aliphatic rings. The number of amides is 3. The van der Waals surface area contributed by atoms with Crippen LogP contribution in [0.15, 0.2) is 18.2 Å². The second-order valence-corrected chi connectivity index (χ2v) is 12.3. The van der Waals surface area contributed by atoms with Crippen molar-refractivity contribution in [1.82, 2.24) is 20.1 Å². The van der Waals surface area contributed by atoms with Gasteiger partial charge < -0.3 is 34.6 Å². The summed E-state index contributed by atoms with van der Waals surface area (Å²) in [7, 11) is 1.53. The van der Waals surface area contributed by atoms with E-state index in [9.17, 15) is 19.5 Å². The third-order valence-electron chi connectivity index (χ3n) is 7.95. The molecule has 0 spiro atoms. The SMILES string of the molecule is CNC(=O)[C@]1(C)CCCN1c1nc(-c2c(O)cccc2F)c(Cl)c2c1C(=O)N1CCN(C(=O)OC(C)(C)C)C[C@@H]1CO2. The Bertz CT molecular complexity index is 1430. The molecule has 2 fully saturated rings. The first-order valence-electron chi connectivity index (χ1n) is 13.9. The van der Waals surface area contributed by atoms with Crippen LogP contribution in [0.25, 0.3) is 11.3 Å². The third-order valence-corrected chi connectivity index (χ3v) is 8.30. The number of nitrogens with one attached hydrogen (secondary N) is 1. The van der Waals surface area contributed by atoms with Gasteiger partial charge in [0.1, 0.15) is 51.4 Å². The zero-order valence-electron chi connectivity index (χ0n) is 24.3. The number of likely N-dealkylation sites (N-methyl/N-ethyl adjacent to an activating group) is 1. The van der Waals surface area contributed by atoms with Crippen molar-refractivity contribution in [2.75, 3.05) is 44.7 Å². The molecule has 3 amide bonds. The lowest BCUT2D eigenvalue weighted by molar-refractivity contribution is -0.125. The molecule has 0 bridgehead atoms. The van der Waals surface area contributed by atoms with Crippen LogP contribution in [0, 0.1) is 5.82 Å². The van der Waals surface area contributed by atoms with Gasteiger partial charge in [-0.1, -0.05) is 17.7 Å². The summed E-state index contributed by atoms with van der Waals surface area (Å²) in [6.07, 6.45) is 0.626. The van der Waals surface area contributed by atoms with Gasteiger partial charge in [-0.2, -0.15) is 0 Å². The molecule has 42 heavy (non-hydrogen) atoms. The second-order valence-electron chi connectivity index (χ2n) is 11.9. The van der Waals surface area contributed by atoms with E-state index in [0.29, 0.717) is 19.4 Å². The second kappa shape index (κ2) is 10.8. The largest absolute Gasteiger partial charge is 0.507 e. The number of pyridine rings is 1. The molecule has 0 saturated carbocycles. The topological polar surface area (TPSA) is 125 Å². The number of carbonyl (C=O) groups is 3. The lowest BCUT2D eigenvalue weighted by Gasteiger charge is -2.40. The van der Waals surface area contributed by atoms with Crippen LogP contribution in [0.2, 0.25) is 5.02 Å². The number of hydrogen-bond acceptors (Lipinski definition) is 8. The van der Waals surface area contributed by atoms with Gasteiger partial charge in [0.25, 0.3) is 5.91 Å². The predicted molar refractivity (Wildman–Crippen MR) is 153 cm³/mol. The van der Waals surface area contributed by atoms with Crippen molar-refractivity contribution in [3.63, 3.8) is 0 Å². The predicted octanol–water partition coefficient (Wildman–Crippen LogP) is 3.81. The summed E-state index contributed by atoms with van der Waals surface area (Å²) in [6, 6.07) is 3.29. The van der Waals surface area contributed by atoms with Crippen LogP contribution in [0.5, 0.6) is 11.5 Å². The highest BCUT2D eigenvalue weighted by Gasteiger charge is 2.48. The Morgan fingerprint density at radius 1 is 1.24 bits per heavy atom. The van der Waals surface area contributed by atoms with Crippen molar-refractivity contribution in [3.05, 3.63) is 34.6 Å². The van der Waals surface area contributed by atoms with Crippen molar-refractivity contribution in [2.24, 2.45) is 0 Å². The average Bonchev–Trinajstić information content (AvgIpc) is 3.26. The summed E-state index contributed by atoms with van der Waals surface area (Å²) < 4.78 is 26.9. The monoisotopic (exact) mass is 603 g/mol. The molecule has 1 aromatic heterocycles. The normalized spacial score (nSPS) is 22.2. The van der Waals surface area contributed by atoms with E-state index in [1.807, 2.05) is 0 Å². The standard InChI is InChI=1S/C29H35ClFN5O6/c1-28(2,3)42-27(40)34-12-13-35-16(14-34)15-41-23-20(25(35)38)24(36-11-7-10-29(36,4)26(39)32-5)33-22(21(23)30)19-17(31)8-6-9-18(19)37/h6,8-9,16,37H,7,10-15H2,1-5H3,(H,32,39)/t16-,29+/m1/s1. The Morgan fingerprint density at radius 2 is 1.98 bits per heavy atom. The molecule has 0 radical (unpaired) electrons. The van der Waals surface area contributed by atoms with Gasteiger partial charge in [0.15, 0.2) is 5.75 Å². The van der Waals surface area contributed by atoms with Crippen LogP contribution in [0.1, 0.15) is 50.9 Å². The molecular weight excluding hydrogens is 569 g/mol. The first kappa shape index (κ1) is 29.7. The molecule has 0 unspecified atom stereocenters. The molecule has 13 heteroatoms. The quantitative estimate of drug-likeness (QED) is 0.543. The van der Waals surface area contributed by atoms with Crippen molar-refractivity contribution in [2.45, 2.75) is 57.7 Å². The molecule has 11 nitrogen and oxygen atoms in total. The number of phenolic OH excluding ortho intramolecular Hbond substituents is 1. The van der Waals surface area contributed by atoms with Crippen molar-refractivity contribution in [1.29, 1.82) is 0 Å². The van der Waals surface area contributed by atoms with Crippen LogP contribution < -0.4 is 15.0 Å². The van der Waals surface area contributed by atoms with Gasteiger partial charge in [0.2, 0.25) is 5.91 Å². The van der Waals surface area contributed by atoms with Crippen LogP contribution >= 0.6 is 11.6 Å². The van der Waals surface area contributed by atoms with Gasteiger partial charge in [-0.05, 0) is 52.7 Å². The number of fused-ring (bicyclic) bond motifs is 2. The van der Waals surface area contributed by atoms with Gasteiger partial charge in [-0.25, -0.2) is 14.2 Å². The highest BCUT2D eigenvalue weighted by Crippen LogP contribution is 2.48. The Labute approximate surface area is 248 Å². The molecular formula is C29H35ClFN5O6. The number of nitrogens with zero attached hydrogens (tertiary/aromatic N) is 4. The number of anilines is 1. The molecule has 226 valence electrons. The maximum atomic E-state index is 15.1. The first-order valence-corrected chi connectivity index (χ1v) is 14.3. The fourth-order valence-electron chi connectivity index (χ4n) is 5.86. The van der Waals surface area contributed by atoms with Crippen LogP contribution in [-0.4, -0.2) is 94.8 Å². The number of benzene rings is 1. The molecule has 2 saturated heterocycles. The minimum atomic E-state index is -1.07. The number of ether oxygens (including phenoxy) is 2. The van der Waals surface area contributed by atoms with Crippen molar-refractivity contribution in [3.8, 4) is 22.8 Å². The molecule has 1 aromatic carbocycles. The summed E-state index contributed by atoms with van der Waals surface area (Å²) in [6.45, 7) is 8.07. The summed E-state index contributed by atoms with van der Waals surface area (Å²) in [5.74, 6) is -1.78. The first-order chi connectivity index (χ1) is 19.8. The Morgan fingerprint density at radius 3 is 2.64 bits per heavy atom. The molecule has 2 aromatic rings. The molecule has 0 aliphatic carbocycles. The van der Waals surface area contributed by atoms with E-state index < -0.39 is 40.7 Å². The average molecular weight is 604 g/mol. The lowest BCUT2D eigenvalue weighted by atomic mass is 9.96. The lowest BCUT2D eigenvalue weighted by Crippen LogP contribution is -2.58. The minimum absolute atomic E-state index is 0.0172. The van der Waals surface area contributed by atoms with Crippen molar-refractivity contribution >= 4 is 35.3 Å². The zero-order valence-corrected chi connectivity index (χ0v) is 25.0. The van der Waals surface area contributed by atoms with E-state index in [-0.39, 0.29) is 65.6 Å². The number of aromatic nitrogens is 1. The van der Waals surface area contributed by atoms with Gasteiger partial charge in [-0.3, -0.25) is 9.59 Å². The minimum Gasteiger partial charge on any atom is -0.507 e. The van der Waals surface area contributed by atoms with E-state index in [4.69, 9.17) is 21.1 Å². The van der Waals surface area contributed by atoms with Gasteiger partial charge in [0, 0.05) is 33.2 Å². The number of piperazine rings is 1. The maximum Gasteiger partial charge on any atom is 0.410 e. The summed E-state index contributed by atoms with van der Waals surface area (Å²) in [5, 5.41) is 13.2. The molecule has 4 heterocycles. The molecule has 5 rings (SSSR count). The number of aromatic hydroxyl groups is 1. The fourth-order valence-corrected chi connectivity index (χ4v) is 6.14. The fraction of sp³-hybridized carbons (Fsp3) is 0.517. The summed E-state index contributed by atoms with van der Waals surface area (Å²) >= 11 is 6.81. The van der Waals surface area contributed by atoms with Crippen LogP contribution in [-0.2, 0) is 9.53 Å². The molecule has 2 atom stereocenters. The van der Waals surface area contributed by atoms with E-state index in [2.05, 4.69) is 10.3 Å². The van der Waals surface area contributed by atoms with E-state index in [0.717, 1.165) is 0 Å². The van der Waals surface area contributed by atoms with E-state index in [1.165, 1.54) is 30.1 Å². The number of rotatable bonds is 3.